The topological polar surface area (TPSA) is 31.8 Å². The van der Waals surface area contributed by atoms with Gasteiger partial charge in [0.1, 0.15) is 5.82 Å². The van der Waals surface area contributed by atoms with E-state index in [4.69, 9.17) is 4.74 Å². The van der Waals surface area contributed by atoms with Gasteiger partial charge in [-0.15, -0.1) is 42.1 Å². The van der Waals surface area contributed by atoms with Crippen molar-refractivity contribution in [1.29, 1.82) is 0 Å². The molecule has 1 aliphatic rings. The molecule has 0 aliphatic carbocycles. The smallest absolute Gasteiger partial charge is 0.135 e. The van der Waals surface area contributed by atoms with Crippen molar-refractivity contribution in [3.63, 3.8) is 0 Å². The van der Waals surface area contributed by atoms with Crippen LogP contribution in [0.2, 0.25) is 0 Å². The van der Waals surface area contributed by atoms with Crippen LogP contribution in [0.1, 0.15) is 0 Å². The molecular formula is C27H21N4OPt-3. The fourth-order valence-corrected chi connectivity index (χ4v) is 3.44. The summed E-state index contributed by atoms with van der Waals surface area (Å²) in [7, 11) is 1.98. The maximum Gasteiger partial charge on any atom is 0.135 e. The second kappa shape index (κ2) is 10.4. The summed E-state index contributed by atoms with van der Waals surface area (Å²) in [6.45, 7) is 1.98. The van der Waals surface area contributed by atoms with Gasteiger partial charge in [0.05, 0.1) is 0 Å². The predicted octanol–water partition coefficient (Wildman–Crippen LogP) is 6.28. The van der Waals surface area contributed by atoms with Crippen LogP contribution in [0.5, 0.6) is 11.5 Å². The molecule has 0 amide bonds. The van der Waals surface area contributed by atoms with Gasteiger partial charge in [-0.1, -0.05) is 30.0 Å². The Kier molecular flexibility index (Phi) is 7.11. The number of pyridine rings is 1. The zero-order valence-corrected chi connectivity index (χ0v) is 20.2. The van der Waals surface area contributed by atoms with Crippen molar-refractivity contribution in [1.82, 2.24) is 9.88 Å². The molecule has 0 saturated heterocycles. The Morgan fingerprint density at radius 1 is 0.818 bits per heavy atom. The van der Waals surface area contributed by atoms with Crippen LogP contribution in [-0.4, -0.2) is 16.9 Å². The monoisotopic (exact) mass is 612 g/mol. The summed E-state index contributed by atoms with van der Waals surface area (Å²) in [6.07, 6.45) is 5.74. The molecule has 0 N–H and O–H groups in total. The van der Waals surface area contributed by atoms with E-state index in [2.05, 4.69) is 17.1 Å². The Bertz CT molecular complexity index is 1180. The number of rotatable bonds is 6. The third-order valence-corrected chi connectivity index (χ3v) is 4.91. The first-order chi connectivity index (χ1) is 15.8. The van der Waals surface area contributed by atoms with Crippen molar-refractivity contribution in [3.8, 4) is 11.5 Å². The first kappa shape index (κ1) is 22.6. The van der Waals surface area contributed by atoms with E-state index in [1.165, 1.54) is 0 Å². The molecule has 6 heteroatoms. The van der Waals surface area contributed by atoms with Gasteiger partial charge >= 0.3 is 0 Å². The Labute approximate surface area is 208 Å². The Hall–Kier alpha value is -3.56. The van der Waals surface area contributed by atoms with E-state index in [9.17, 15) is 0 Å². The van der Waals surface area contributed by atoms with E-state index in [0.717, 1.165) is 22.9 Å². The van der Waals surface area contributed by atoms with Gasteiger partial charge in [-0.25, -0.2) is 4.98 Å². The third-order valence-electron chi connectivity index (χ3n) is 4.91. The van der Waals surface area contributed by atoms with E-state index < -0.39 is 0 Å². The second-order valence-corrected chi connectivity index (χ2v) is 7.25. The van der Waals surface area contributed by atoms with Crippen molar-refractivity contribution in [2.45, 2.75) is 0 Å². The molecule has 0 radical (unpaired) electrons. The Morgan fingerprint density at radius 3 is 2.30 bits per heavy atom. The minimum Gasteiger partial charge on any atom is -0.510 e. The van der Waals surface area contributed by atoms with Crippen molar-refractivity contribution in [3.05, 3.63) is 122 Å². The van der Waals surface area contributed by atoms with Gasteiger partial charge in [-0.3, -0.25) is 0 Å². The summed E-state index contributed by atoms with van der Waals surface area (Å²) in [6, 6.07) is 34.3. The number of benzene rings is 3. The number of aromatic nitrogens is 1. The summed E-state index contributed by atoms with van der Waals surface area (Å²) in [5.41, 5.74) is 2.73. The standard InChI is InChI=1S/C27H21N4O.Pt/c1-29-17-18-30(21-29)23-11-7-13-25(19-23)32-26-14-8-12-24(20-26)31(22-9-3-2-4-10-22)27-15-5-6-16-28-27;/h2-18,21H,1H3;/q-3;. The number of hydrogen-bond acceptors (Lipinski definition) is 5. The van der Waals surface area contributed by atoms with Crippen LogP contribution in [-0.2, 0) is 21.1 Å². The van der Waals surface area contributed by atoms with Gasteiger partial charge in [0.15, 0.2) is 0 Å². The second-order valence-electron chi connectivity index (χ2n) is 7.25. The van der Waals surface area contributed by atoms with Crippen LogP contribution in [0.4, 0.5) is 22.9 Å². The van der Waals surface area contributed by atoms with Crippen LogP contribution in [0.3, 0.4) is 0 Å². The molecule has 1 aliphatic heterocycles. The quantitative estimate of drug-likeness (QED) is 0.239. The summed E-state index contributed by atoms with van der Waals surface area (Å²) in [5, 5.41) is 0. The molecule has 0 unspecified atom stereocenters. The molecule has 0 atom stereocenters. The van der Waals surface area contributed by atoms with Gasteiger partial charge in [0.2, 0.25) is 0 Å². The average molecular weight is 613 g/mol. The molecule has 3 aromatic carbocycles. The summed E-state index contributed by atoms with van der Waals surface area (Å²) in [5.74, 6) is 2.03. The van der Waals surface area contributed by atoms with E-state index in [-0.39, 0.29) is 21.1 Å². The van der Waals surface area contributed by atoms with Gasteiger partial charge < -0.3 is 19.4 Å². The number of anilines is 4. The zero-order valence-electron chi connectivity index (χ0n) is 17.9. The Balaban J connectivity index is 0.00000259. The average Bonchev–Trinajstić information content (AvgIpc) is 3.28. The molecule has 5 nitrogen and oxygen atoms in total. The van der Waals surface area contributed by atoms with Crippen LogP contribution in [0, 0.1) is 18.8 Å². The number of nitrogens with zero attached hydrogens (tertiary/aromatic N) is 4. The fourth-order valence-electron chi connectivity index (χ4n) is 3.44. The molecule has 1 aromatic heterocycles. The zero-order chi connectivity index (χ0) is 21.8. The maximum atomic E-state index is 6.13. The number of ether oxygens (including phenoxy) is 1. The fraction of sp³-hybridized carbons (Fsp3) is 0.0370. The van der Waals surface area contributed by atoms with E-state index >= 15 is 0 Å². The molecule has 0 fully saturated rings. The number of para-hydroxylation sites is 1. The van der Waals surface area contributed by atoms with Crippen LogP contribution in [0.15, 0.2) is 104 Å². The molecular weight excluding hydrogens is 591 g/mol. The van der Waals surface area contributed by atoms with Crippen molar-refractivity contribution >= 4 is 22.9 Å². The first-order valence-electron chi connectivity index (χ1n) is 10.3. The molecule has 0 saturated carbocycles. The van der Waals surface area contributed by atoms with Crippen LogP contribution >= 0.6 is 0 Å². The summed E-state index contributed by atoms with van der Waals surface area (Å²) < 4.78 is 6.13. The molecule has 33 heavy (non-hydrogen) atoms. The van der Waals surface area contributed by atoms with Gasteiger partial charge in [-0.2, -0.15) is 18.8 Å². The SMILES string of the molecule is CN1C=CN(c2[c-]c(Oc3[c-]c(N(c4ccccc4)c4ccccn4)ccc3)ccc2)[CH-]1.[Pt]. The van der Waals surface area contributed by atoms with Gasteiger partial charge in [-0.05, 0) is 43.7 Å². The van der Waals surface area contributed by atoms with Crippen molar-refractivity contribution in [2.24, 2.45) is 0 Å². The Morgan fingerprint density at radius 2 is 1.58 bits per heavy atom. The van der Waals surface area contributed by atoms with Gasteiger partial charge in [0, 0.05) is 44.4 Å². The minimum absolute atomic E-state index is 0. The summed E-state index contributed by atoms with van der Waals surface area (Å²) >= 11 is 0. The van der Waals surface area contributed by atoms with Gasteiger partial charge in [0.25, 0.3) is 0 Å². The van der Waals surface area contributed by atoms with E-state index in [0.29, 0.717) is 11.5 Å². The minimum atomic E-state index is 0. The van der Waals surface area contributed by atoms with Crippen molar-refractivity contribution in [2.75, 3.05) is 16.8 Å². The predicted molar refractivity (Wildman–Crippen MR) is 127 cm³/mol. The maximum absolute atomic E-state index is 6.13. The molecule has 4 aromatic rings. The molecule has 5 rings (SSSR count). The number of hydrogen-bond donors (Lipinski definition) is 0. The third kappa shape index (κ3) is 5.27. The molecule has 2 heterocycles. The summed E-state index contributed by atoms with van der Waals surface area (Å²) in [4.78, 5) is 10.6. The first-order valence-corrected chi connectivity index (χ1v) is 10.3. The van der Waals surface area contributed by atoms with Crippen LogP contribution < -0.4 is 14.5 Å². The molecule has 0 spiro atoms. The molecule has 0 bridgehead atoms. The van der Waals surface area contributed by atoms with E-state index in [1.54, 1.807) is 6.20 Å². The van der Waals surface area contributed by atoms with Crippen LogP contribution in [0.25, 0.3) is 0 Å². The van der Waals surface area contributed by atoms with Crippen molar-refractivity contribution < 1.29 is 25.8 Å². The largest absolute Gasteiger partial charge is 0.510 e. The normalized spacial score (nSPS) is 12.4. The van der Waals surface area contributed by atoms with E-state index in [1.807, 2.05) is 126 Å². The molecule has 168 valence electrons.